The van der Waals surface area contributed by atoms with E-state index in [1.54, 1.807) is 30.6 Å². The Morgan fingerprint density at radius 1 is 1.21 bits per heavy atom. The topological polar surface area (TPSA) is 46.6 Å². The van der Waals surface area contributed by atoms with E-state index >= 15 is 0 Å². The highest BCUT2D eigenvalue weighted by molar-refractivity contribution is 8.22. The van der Waals surface area contributed by atoms with E-state index in [4.69, 9.17) is 4.74 Å². The maximum absolute atomic E-state index is 12.3. The Labute approximate surface area is 123 Å². The van der Waals surface area contributed by atoms with Crippen LogP contribution in [-0.4, -0.2) is 42.4 Å². The van der Waals surface area contributed by atoms with Gasteiger partial charge in [-0.15, -0.1) is 23.5 Å². The number of methoxy groups -OCH3 is 1. The summed E-state index contributed by atoms with van der Waals surface area (Å²) in [6.45, 7) is 5.52. The minimum absolute atomic E-state index is 0.0906. The van der Waals surface area contributed by atoms with Crippen molar-refractivity contribution in [2.24, 2.45) is 5.41 Å². The van der Waals surface area contributed by atoms with Gasteiger partial charge in [0.1, 0.15) is 5.70 Å². The highest BCUT2D eigenvalue weighted by atomic mass is 32.2. The fraction of sp³-hybridized carbons (Fsp3) is 0.692. The van der Waals surface area contributed by atoms with Crippen LogP contribution in [0.5, 0.6) is 0 Å². The number of thioether (sulfide) groups is 2. The molecule has 0 aromatic rings. The lowest BCUT2D eigenvalue weighted by molar-refractivity contribution is -0.144. The van der Waals surface area contributed by atoms with Crippen LogP contribution in [0.4, 0.5) is 0 Å². The molecular formula is C13H21NO3S2. The smallest absolute Gasteiger partial charge is 0.356 e. The van der Waals surface area contributed by atoms with Crippen molar-refractivity contribution in [3.05, 3.63) is 9.93 Å². The lowest BCUT2D eigenvalue weighted by atomic mass is 9.95. The van der Waals surface area contributed by atoms with Crippen molar-refractivity contribution in [3.8, 4) is 0 Å². The number of rotatable bonds is 2. The van der Waals surface area contributed by atoms with Gasteiger partial charge in [0, 0.05) is 12.5 Å². The highest BCUT2D eigenvalue weighted by Gasteiger charge is 2.32. The number of ether oxygens (including phenoxy) is 1. The first-order chi connectivity index (χ1) is 8.79. The van der Waals surface area contributed by atoms with E-state index in [0.29, 0.717) is 5.70 Å². The summed E-state index contributed by atoms with van der Waals surface area (Å²) in [6.07, 6.45) is 1.12. The highest BCUT2D eigenvalue weighted by Crippen LogP contribution is 2.38. The second-order valence-electron chi connectivity index (χ2n) is 5.29. The van der Waals surface area contributed by atoms with Gasteiger partial charge in [0.05, 0.1) is 11.3 Å². The van der Waals surface area contributed by atoms with Crippen LogP contribution in [0.15, 0.2) is 9.93 Å². The molecule has 0 spiro atoms. The van der Waals surface area contributed by atoms with Crippen LogP contribution in [0.3, 0.4) is 0 Å². The zero-order chi connectivity index (χ0) is 14.6. The van der Waals surface area contributed by atoms with Crippen molar-refractivity contribution in [1.29, 1.82) is 0 Å². The van der Waals surface area contributed by atoms with Crippen molar-refractivity contribution < 1.29 is 14.3 Å². The van der Waals surface area contributed by atoms with Crippen LogP contribution in [-0.2, 0) is 14.3 Å². The number of hydrogen-bond acceptors (Lipinski definition) is 5. The van der Waals surface area contributed by atoms with Gasteiger partial charge in [-0.1, -0.05) is 20.8 Å². The maximum atomic E-state index is 12.3. The number of amides is 1. The van der Waals surface area contributed by atoms with Crippen LogP contribution < -0.4 is 0 Å². The molecular weight excluding hydrogens is 282 g/mol. The molecule has 1 heterocycles. The maximum Gasteiger partial charge on any atom is 0.356 e. The minimum Gasteiger partial charge on any atom is -0.464 e. The molecule has 0 aromatic carbocycles. The van der Waals surface area contributed by atoms with Crippen molar-refractivity contribution >= 4 is 35.4 Å². The second-order valence-corrected chi connectivity index (χ2v) is 7.76. The Bertz CT molecular complexity index is 391. The molecule has 4 nitrogen and oxygen atoms in total. The first kappa shape index (κ1) is 16.4. The number of nitrogens with zero attached hydrogens (tertiary/aromatic N) is 1. The second kappa shape index (κ2) is 6.70. The average Bonchev–Trinajstić information content (AvgIpc) is 2.37. The molecule has 0 radical (unpaired) electrons. The average molecular weight is 303 g/mol. The number of carbonyl (C=O) groups is 2. The van der Waals surface area contributed by atoms with Crippen LogP contribution >= 0.6 is 23.5 Å². The quantitative estimate of drug-likeness (QED) is 0.580. The van der Waals surface area contributed by atoms with Crippen LogP contribution in [0.2, 0.25) is 0 Å². The molecule has 0 atom stereocenters. The molecule has 0 saturated carbocycles. The molecule has 108 valence electrons. The summed E-state index contributed by atoms with van der Waals surface area (Å²) in [5.41, 5.74) is -0.157. The van der Waals surface area contributed by atoms with Gasteiger partial charge in [-0.3, -0.25) is 4.79 Å². The van der Waals surface area contributed by atoms with Gasteiger partial charge in [-0.25, -0.2) is 4.79 Å². The largest absolute Gasteiger partial charge is 0.464 e. The van der Waals surface area contributed by atoms with E-state index in [-0.39, 0.29) is 5.91 Å². The van der Waals surface area contributed by atoms with E-state index in [1.165, 1.54) is 12.0 Å². The zero-order valence-corrected chi connectivity index (χ0v) is 13.7. The van der Waals surface area contributed by atoms with Gasteiger partial charge in [0.25, 0.3) is 0 Å². The Morgan fingerprint density at radius 3 is 2.16 bits per heavy atom. The summed E-state index contributed by atoms with van der Waals surface area (Å²) in [4.78, 5) is 25.8. The third-order valence-corrected chi connectivity index (χ3v) is 5.21. The van der Waals surface area contributed by atoms with Gasteiger partial charge in [-0.05, 0) is 17.9 Å². The first-order valence-electron chi connectivity index (χ1n) is 6.15. The molecule has 1 aliphatic rings. The molecule has 1 rings (SSSR count). The monoisotopic (exact) mass is 303 g/mol. The van der Waals surface area contributed by atoms with E-state index < -0.39 is 11.4 Å². The molecule has 1 aliphatic heterocycles. The Morgan fingerprint density at radius 2 is 1.74 bits per heavy atom. The van der Waals surface area contributed by atoms with Crippen molar-refractivity contribution in [3.63, 3.8) is 0 Å². The summed E-state index contributed by atoms with van der Waals surface area (Å²) in [7, 11) is 2.99. The molecule has 0 aromatic heterocycles. The van der Waals surface area contributed by atoms with Crippen LogP contribution in [0, 0.1) is 5.41 Å². The fourth-order valence-electron chi connectivity index (χ4n) is 1.63. The van der Waals surface area contributed by atoms with Crippen molar-refractivity contribution in [1.82, 2.24) is 4.90 Å². The number of likely N-dealkylation sites (N-methyl/N-ethyl adjacent to an activating group) is 1. The molecule has 0 N–H and O–H groups in total. The fourth-order valence-corrected chi connectivity index (χ4v) is 4.30. The molecule has 6 heteroatoms. The van der Waals surface area contributed by atoms with Crippen LogP contribution in [0.1, 0.15) is 27.2 Å². The molecule has 0 bridgehead atoms. The molecule has 19 heavy (non-hydrogen) atoms. The van der Waals surface area contributed by atoms with E-state index in [2.05, 4.69) is 0 Å². The number of esters is 1. The van der Waals surface area contributed by atoms with Crippen molar-refractivity contribution in [2.45, 2.75) is 27.2 Å². The molecule has 1 amide bonds. The van der Waals surface area contributed by atoms with E-state index in [1.807, 2.05) is 20.8 Å². The summed E-state index contributed by atoms with van der Waals surface area (Å²) < 4.78 is 5.72. The van der Waals surface area contributed by atoms with Crippen molar-refractivity contribution in [2.75, 3.05) is 25.7 Å². The molecule has 1 fully saturated rings. The molecule has 0 unspecified atom stereocenters. The van der Waals surface area contributed by atoms with Gasteiger partial charge in [0.2, 0.25) is 5.91 Å². The summed E-state index contributed by atoms with van der Waals surface area (Å²) in [5.74, 6) is 1.41. The molecule has 0 aliphatic carbocycles. The minimum atomic E-state index is -0.529. The van der Waals surface area contributed by atoms with E-state index in [0.717, 1.165) is 22.2 Å². The summed E-state index contributed by atoms with van der Waals surface area (Å²) in [5, 5.41) is 0. The molecule has 1 saturated heterocycles. The standard InChI is InChI=1S/C13H21NO3S2/c1-13(2,3)12(16)14(4)9(10(15)17-5)11-18-7-6-8-19-11/h6-8H2,1-5H3. The third kappa shape index (κ3) is 4.18. The Balaban J connectivity index is 3.11. The van der Waals surface area contributed by atoms with Gasteiger partial charge in [-0.2, -0.15) is 0 Å². The van der Waals surface area contributed by atoms with Crippen LogP contribution in [0.25, 0.3) is 0 Å². The third-order valence-electron chi connectivity index (χ3n) is 2.61. The van der Waals surface area contributed by atoms with Gasteiger partial charge < -0.3 is 9.64 Å². The SMILES string of the molecule is COC(=O)C(=C1SCCCS1)N(C)C(=O)C(C)(C)C. The lowest BCUT2D eigenvalue weighted by Crippen LogP contribution is -2.39. The van der Waals surface area contributed by atoms with Gasteiger partial charge >= 0.3 is 5.97 Å². The first-order valence-corrected chi connectivity index (χ1v) is 8.12. The normalized spacial score (nSPS) is 15.9. The summed E-state index contributed by atoms with van der Waals surface area (Å²) in [6, 6.07) is 0. The number of hydrogen-bond donors (Lipinski definition) is 0. The predicted molar refractivity (Wildman–Crippen MR) is 80.8 cm³/mol. The number of carbonyl (C=O) groups excluding carboxylic acids is 2. The Kier molecular flexibility index (Phi) is 5.80. The van der Waals surface area contributed by atoms with Gasteiger partial charge in [0.15, 0.2) is 0 Å². The zero-order valence-electron chi connectivity index (χ0n) is 12.1. The lowest BCUT2D eigenvalue weighted by Gasteiger charge is -2.29. The predicted octanol–water partition coefficient (Wildman–Crippen LogP) is 2.70. The van der Waals surface area contributed by atoms with E-state index in [9.17, 15) is 9.59 Å². The summed E-state index contributed by atoms with van der Waals surface area (Å²) >= 11 is 3.24. The Hall–Kier alpha value is -0.620.